The van der Waals surface area contributed by atoms with Crippen molar-refractivity contribution in [3.05, 3.63) is 47.8 Å². The van der Waals surface area contributed by atoms with Crippen LogP contribution in [0.1, 0.15) is 23.2 Å². The predicted molar refractivity (Wildman–Crippen MR) is 77.3 cm³/mol. The number of nitrogens with one attached hydrogen (secondary N) is 2. The van der Waals surface area contributed by atoms with E-state index in [0.717, 1.165) is 25.9 Å². The lowest BCUT2D eigenvalue weighted by atomic mass is 10.0. The number of hydrogen-bond acceptors (Lipinski definition) is 2. The quantitative estimate of drug-likeness (QED) is 0.881. The van der Waals surface area contributed by atoms with E-state index in [0.29, 0.717) is 16.3 Å². The van der Waals surface area contributed by atoms with Gasteiger partial charge in [-0.25, -0.2) is 4.39 Å². The number of fused-ring (bicyclic) bond motifs is 1. The third-order valence-electron chi connectivity index (χ3n) is 3.75. The van der Waals surface area contributed by atoms with Crippen molar-refractivity contribution in [2.75, 3.05) is 13.1 Å². The molecule has 20 heavy (non-hydrogen) atoms. The van der Waals surface area contributed by atoms with Crippen LogP contribution in [0, 0.1) is 5.82 Å². The Hall–Kier alpha value is -1.94. The second kappa shape index (κ2) is 5.59. The third kappa shape index (κ3) is 2.51. The van der Waals surface area contributed by atoms with Gasteiger partial charge in [-0.3, -0.25) is 4.79 Å². The molecule has 2 aromatic carbocycles. The van der Waals surface area contributed by atoms with Crippen LogP contribution >= 0.6 is 0 Å². The molecule has 1 saturated heterocycles. The van der Waals surface area contributed by atoms with E-state index in [1.165, 1.54) is 6.07 Å². The highest BCUT2D eigenvalue weighted by molar-refractivity contribution is 6.07. The van der Waals surface area contributed by atoms with Crippen molar-refractivity contribution in [1.29, 1.82) is 0 Å². The van der Waals surface area contributed by atoms with E-state index < -0.39 is 0 Å². The van der Waals surface area contributed by atoms with Crippen LogP contribution in [0.15, 0.2) is 36.4 Å². The first-order chi connectivity index (χ1) is 9.75. The molecule has 0 spiro atoms. The maximum absolute atomic E-state index is 13.7. The first-order valence-electron chi connectivity index (χ1n) is 6.94. The molecule has 0 aliphatic carbocycles. The van der Waals surface area contributed by atoms with Crippen LogP contribution in [0.5, 0.6) is 0 Å². The van der Waals surface area contributed by atoms with E-state index in [2.05, 4.69) is 10.6 Å². The summed E-state index contributed by atoms with van der Waals surface area (Å²) >= 11 is 0. The molecule has 0 saturated carbocycles. The summed E-state index contributed by atoms with van der Waals surface area (Å²) in [6.07, 6.45) is 2.05. The van der Waals surface area contributed by atoms with E-state index in [9.17, 15) is 9.18 Å². The fourth-order valence-electron chi connectivity index (χ4n) is 2.70. The lowest BCUT2D eigenvalue weighted by molar-refractivity contribution is 0.0932. The average molecular weight is 272 g/mol. The summed E-state index contributed by atoms with van der Waals surface area (Å²) in [6.45, 7) is 1.80. The fraction of sp³-hybridized carbons (Fsp3) is 0.312. The van der Waals surface area contributed by atoms with E-state index in [1.54, 1.807) is 24.3 Å². The van der Waals surface area contributed by atoms with Crippen molar-refractivity contribution < 1.29 is 9.18 Å². The van der Waals surface area contributed by atoms with E-state index in [-0.39, 0.29) is 17.8 Å². The summed E-state index contributed by atoms with van der Waals surface area (Å²) in [5.74, 6) is -0.425. The van der Waals surface area contributed by atoms with Gasteiger partial charge in [-0.05, 0) is 36.9 Å². The van der Waals surface area contributed by atoms with Gasteiger partial charge in [0.15, 0.2) is 0 Å². The van der Waals surface area contributed by atoms with Crippen molar-refractivity contribution >= 4 is 16.7 Å². The zero-order valence-corrected chi connectivity index (χ0v) is 11.2. The van der Waals surface area contributed by atoms with Crippen LogP contribution in [-0.2, 0) is 0 Å². The molecule has 2 N–H and O–H groups in total. The van der Waals surface area contributed by atoms with Gasteiger partial charge in [0.25, 0.3) is 5.91 Å². The minimum atomic E-state index is -0.295. The Labute approximate surface area is 117 Å². The smallest absolute Gasteiger partial charge is 0.252 e. The fourth-order valence-corrected chi connectivity index (χ4v) is 2.70. The third-order valence-corrected chi connectivity index (χ3v) is 3.75. The van der Waals surface area contributed by atoms with Gasteiger partial charge in [0.05, 0.1) is 0 Å². The number of carbonyl (C=O) groups excluding carboxylic acids is 1. The predicted octanol–water partition coefficient (Wildman–Crippen LogP) is 2.46. The second-order valence-electron chi connectivity index (χ2n) is 5.16. The molecule has 3 nitrogen and oxygen atoms in total. The lowest BCUT2D eigenvalue weighted by Crippen LogP contribution is -2.45. The summed E-state index contributed by atoms with van der Waals surface area (Å²) in [7, 11) is 0. The molecule has 1 aliphatic heterocycles. The van der Waals surface area contributed by atoms with Gasteiger partial charge < -0.3 is 10.6 Å². The molecular formula is C16H17FN2O. The maximum atomic E-state index is 13.7. The van der Waals surface area contributed by atoms with Gasteiger partial charge in [-0.2, -0.15) is 0 Å². The number of rotatable bonds is 2. The standard InChI is InChI=1S/C16H17FN2O/c17-15-8-7-14(12-5-1-2-6-13(12)15)16(20)19-11-4-3-9-18-10-11/h1-2,5-8,11,18H,3-4,9-10H2,(H,19,20)/t11-/m0/s1. The van der Waals surface area contributed by atoms with E-state index in [4.69, 9.17) is 0 Å². The minimum Gasteiger partial charge on any atom is -0.348 e. The summed E-state index contributed by atoms with van der Waals surface area (Å²) in [4.78, 5) is 12.4. The summed E-state index contributed by atoms with van der Waals surface area (Å²) in [5.41, 5.74) is 0.535. The first-order valence-corrected chi connectivity index (χ1v) is 6.94. The Morgan fingerprint density at radius 2 is 2.00 bits per heavy atom. The van der Waals surface area contributed by atoms with Gasteiger partial charge in [-0.15, -0.1) is 0 Å². The van der Waals surface area contributed by atoms with Gasteiger partial charge >= 0.3 is 0 Å². The Morgan fingerprint density at radius 3 is 2.75 bits per heavy atom. The lowest BCUT2D eigenvalue weighted by Gasteiger charge is -2.24. The van der Waals surface area contributed by atoms with Gasteiger partial charge in [0, 0.05) is 23.5 Å². The molecule has 3 rings (SSSR count). The largest absolute Gasteiger partial charge is 0.348 e. The monoisotopic (exact) mass is 272 g/mol. The highest BCUT2D eigenvalue weighted by Gasteiger charge is 2.18. The maximum Gasteiger partial charge on any atom is 0.252 e. The molecule has 1 aliphatic rings. The Morgan fingerprint density at radius 1 is 1.20 bits per heavy atom. The molecule has 0 unspecified atom stereocenters. The Balaban J connectivity index is 1.89. The number of piperidine rings is 1. The Bertz CT molecular complexity index is 635. The Kier molecular flexibility index (Phi) is 3.65. The normalized spacial score (nSPS) is 18.9. The summed E-state index contributed by atoms with van der Waals surface area (Å²) in [6, 6.07) is 10.1. The molecule has 0 aromatic heterocycles. The van der Waals surface area contributed by atoms with Crippen LogP contribution in [0.2, 0.25) is 0 Å². The molecule has 1 atom stereocenters. The molecule has 1 amide bonds. The van der Waals surface area contributed by atoms with Crippen molar-refractivity contribution in [3.8, 4) is 0 Å². The zero-order chi connectivity index (χ0) is 13.9. The first kappa shape index (κ1) is 13.1. The van der Waals surface area contributed by atoms with Crippen LogP contribution in [0.3, 0.4) is 0 Å². The van der Waals surface area contributed by atoms with Crippen molar-refractivity contribution in [2.45, 2.75) is 18.9 Å². The number of hydrogen-bond donors (Lipinski definition) is 2. The van der Waals surface area contributed by atoms with Crippen molar-refractivity contribution in [2.24, 2.45) is 0 Å². The second-order valence-corrected chi connectivity index (χ2v) is 5.16. The number of benzene rings is 2. The zero-order valence-electron chi connectivity index (χ0n) is 11.2. The van der Waals surface area contributed by atoms with Gasteiger partial charge in [0.1, 0.15) is 5.82 Å². The number of carbonyl (C=O) groups is 1. The van der Waals surface area contributed by atoms with Crippen molar-refractivity contribution in [3.63, 3.8) is 0 Å². The van der Waals surface area contributed by atoms with Crippen LogP contribution in [0.25, 0.3) is 10.8 Å². The molecule has 4 heteroatoms. The highest BCUT2D eigenvalue weighted by atomic mass is 19.1. The van der Waals surface area contributed by atoms with E-state index in [1.807, 2.05) is 6.07 Å². The number of halogens is 1. The van der Waals surface area contributed by atoms with Crippen LogP contribution in [-0.4, -0.2) is 25.0 Å². The average Bonchev–Trinajstić information content (AvgIpc) is 2.49. The van der Waals surface area contributed by atoms with Crippen LogP contribution in [0.4, 0.5) is 4.39 Å². The molecule has 2 aromatic rings. The van der Waals surface area contributed by atoms with Crippen LogP contribution < -0.4 is 10.6 Å². The molecule has 0 radical (unpaired) electrons. The van der Waals surface area contributed by atoms with Crippen molar-refractivity contribution in [1.82, 2.24) is 10.6 Å². The number of amides is 1. The highest BCUT2D eigenvalue weighted by Crippen LogP contribution is 2.22. The van der Waals surface area contributed by atoms with Gasteiger partial charge in [0.2, 0.25) is 0 Å². The summed E-state index contributed by atoms with van der Waals surface area (Å²) in [5, 5.41) is 7.43. The van der Waals surface area contributed by atoms with Gasteiger partial charge in [-0.1, -0.05) is 24.3 Å². The molecule has 0 bridgehead atoms. The minimum absolute atomic E-state index is 0.130. The molecule has 1 fully saturated rings. The van der Waals surface area contributed by atoms with E-state index >= 15 is 0 Å². The summed E-state index contributed by atoms with van der Waals surface area (Å²) < 4.78 is 13.7. The SMILES string of the molecule is O=C(N[C@H]1CCCNC1)c1ccc(F)c2ccccc12. The topological polar surface area (TPSA) is 41.1 Å². The molecule has 1 heterocycles. The molecular weight excluding hydrogens is 255 g/mol. The molecule has 104 valence electrons.